The maximum atomic E-state index is 12.9. The molecule has 1 saturated heterocycles. The number of hydrogen-bond donors (Lipinski definition) is 2. The van der Waals surface area contributed by atoms with Gasteiger partial charge in [0.15, 0.2) is 5.75 Å². The number of ether oxygens (including phenoxy) is 1. The molecular formula is C21H22BN5O4. The second-order valence-electron chi connectivity index (χ2n) is 8.16. The molecule has 2 aromatic heterocycles. The lowest BCUT2D eigenvalue weighted by Crippen LogP contribution is -2.33. The molecule has 31 heavy (non-hydrogen) atoms. The van der Waals surface area contributed by atoms with Crippen LogP contribution in [0.1, 0.15) is 29.7 Å². The number of hydrogen-bond acceptors (Lipinski definition) is 7. The van der Waals surface area contributed by atoms with E-state index >= 15 is 0 Å². The van der Waals surface area contributed by atoms with E-state index in [0.717, 1.165) is 30.7 Å². The van der Waals surface area contributed by atoms with Gasteiger partial charge in [-0.2, -0.15) is 0 Å². The number of pyridine rings is 1. The zero-order chi connectivity index (χ0) is 21.7. The molecule has 2 atom stereocenters. The summed E-state index contributed by atoms with van der Waals surface area (Å²) < 4.78 is 8.01. The van der Waals surface area contributed by atoms with Crippen molar-refractivity contribution in [2.75, 3.05) is 29.9 Å². The second kappa shape index (κ2) is 7.30. The van der Waals surface area contributed by atoms with E-state index in [1.165, 1.54) is 6.20 Å². The summed E-state index contributed by atoms with van der Waals surface area (Å²) in [5, 5.41) is 13.3. The number of carboxylic acids is 1. The van der Waals surface area contributed by atoms with Crippen molar-refractivity contribution in [1.82, 2.24) is 14.5 Å². The van der Waals surface area contributed by atoms with Gasteiger partial charge in [0.05, 0.1) is 17.2 Å². The molecule has 0 radical (unpaired) electrons. The topological polar surface area (TPSA) is 110 Å². The largest absolute Gasteiger partial charge is 0.487 e. The Bertz CT molecular complexity index is 1250. The van der Waals surface area contributed by atoms with Gasteiger partial charge in [-0.25, -0.2) is 14.8 Å². The number of benzene rings is 1. The molecule has 1 aromatic carbocycles. The molecule has 10 heteroatoms. The van der Waals surface area contributed by atoms with Crippen molar-refractivity contribution in [3.63, 3.8) is 0 Å². The van der Waals surface area contributed by atoms with E-state index < -0.39 is 11.4 Å². The van der Waals surface area contributed by atoms with E-state index in [1.807, 2.05) is 19.3 Å². The Balaban J connectivity index is 1.58. The van der Waals surface area contributed by atoms with E-state index in [4.69, 9.17) is 4.74 Å². The van der Waals surface area contributed by atoms with Gasteiger partial charge in [0.1, 0.15) is 20.0 Å². The first-order valence-corrected chi connectivity index (χ1v) is 10.3. The van der Waals surface area contributed by atoms with Crippen LogP contribution in [-0.4, -0.2) is 59.2 Å². The Hall–Kier alpha value is -3.56. The van der Waals surface area contributed by atoms with Crippen LogP contribution in [0.5, 0.6) is 5.75 Å². The summed E-state index contributed by atoms with van der Waals surface area (Å²) in [6.07, 6.45) is 5.78. The number of nitrogens with zero attached hydrogens (tertiary/aromatic N) is 4. The Kier molecular flexibility index (Phi) is 4.57. The van der Waals surface area contributed by atoms with Crippen LogP contribution in [-0.2, 0) is 0 Å². The number of aromatic nitrogens is 3. The van der Waals surface area contributed by atoms with Gasteiger partial charge in [-0.1, -0.05) is 11.5 Å². The monoisotopic (exact) mass is 419 g/mol. The Morgan fingerprint density at radius 2 is 2.13 bits per heavy atom. The molecule has 158 valence electrons. The fraction of sp³-hybridized carbons (Fsp3) is 0.333. The Morgan fingerprint density at radius 3 is 2.87 bits per heavy atom. The summed E-state index contributed by atoms with van der Waals surface area (Å²) in [5.41, 5.74) is 1.81. The third kappa shape index (κ3) is 3.18. The van der Waals surface area contributed by atoms with Gasteiger partial charge in [0.2, 0.25) is 11.4 Å². The van der Waals surface area contributed by atoms with Gasteiger partial charge < -0.3 is 24.6 Å². The number of carbonyl (C=O) groups is 1. The highest BCUT2D eigenvalue weighted by Gasteiger charge is 2.31. The highest BCUT2D eigenvalue weighted by molar-refractivity contribution is 6.38. The van der Waals surface area contributed by atoms with Crippen molar-refractivity contribution < 1.29 is 14.6 Å². The molecule has 2 aliphatic heterocycles. The van der Waals surface area contributed by atoms with Crippen LogP contribution in [0.3, 0.4) is 0 Å². The summed E-state index contributed by atoms with van der Waals surface area (Å²) in [6, 6.07) is 3.68. The van der Waals surface area contributed by atoms with Crippen molar-refractivity contribution in [3.8, 4) is 5.75 Å². The van der Waals surface area contributed by atoms with Crippen LogP contribution in [0, 0.1) is 0 Å². The van der Waals surface area contributed by atoms with E-state index in [2.05, 4.69) is 20.2 Å². The number of aromatic carboxylic acids is 1. The minimum Gasteiger partial charge on any atom is -0.487 e. The summed E-state index contributed by atoms with van der Waals surface area (Å²) in [6.45, 7) is 3.93. The first kappa shape index (κ1) is 19.4. The first-order valence-electron chi connectivity index (χ1n) is 10.3. The van der Waals surface area contributed by atoms with Gasteiger partial charge in [-0.15, -0.1) is 0 Å². The van der Waals surface area contributed by atoms with Crippen molar-refractivity contribution in [2.24, 2.45) is 0 Å². The predicted octanol–water partition coefficient (Wildman–Crippen LogP) is 0.392. The number of rotatable bonds is 4. The van der Waals surface area contributed by atoms with Gasteiger partial charge in [-0.3, -0.25) is 4.79 Å². The van der Waals surface area contributed by atoms with E-state index in [-0.39, 0.29) is 17.6 Å². The maximum absolute atomic E-state index is 12.9. The fourth-order valence-corrected chi connectivity index (χ4v) is 4.55. The van der Waals surface area contributed by atoms with Crippen LogP contribution >= 0.6 is 0 Å². The molecule has 1 fully saturated rings. The molecule has 0 amide bonds. The molecule has 9 nitrogen and oxygen atoms in total. The lowest BCUT2D eigenvalue weighted by atomic mass is 9.89. The summed E-state index contributed by atoms with van der Waals surface area (Å²) in [7, 11) is 1.94. The predicted molar refractivity (Wildman–Crippen MR) is 120 cm³/mol. The third-order valence-electron chi connectivity index (χ3n) is 6.01. The van der Waals surface area contributed by atoms with Crippen LogP contribution in [0.2, 0.25) is 0 Å². The summed E-state index contributed by atoms with van der Waals surface area (Å²) in [5.74, 6) is 0.0407. The minimum absolute atomic E-state index is 0.0764. The first-order chi connectivity index (χ1) is 14.9. The van der Waals surface area contributed by atoms with E-state index in [9.17, 15) is 14.7 Å². The van der Waals surface area contributed by atoms with Gasteiger partial charge in [0.25, 0.3) is 0 Å². The zero-order valence-electron chi connectivity index (χ0n) is 17.3. The molecule has 4 heterocycles. The molecule has 1 unspecified atom stereocenters. The summed E-state index contributed by atoms with van der Waals surface area (Å²) >= 11 is 0. The number of nitrogens with one attached hydrogen (secondary N) is 1. The molecule has 3 aromatic rings. The molecule has 0 aliphatic carbocycles. The second-order valence-corrected chi connectivity index (χ2v) is 8.16. The molecule has 2 aliphatic rings. The van der Waals surface area contributed by atoms with Crippen LogP contribution in [0.25, 0.3) is 10.9 Å². The highest BCUT2D eigenvalue weighted by Crippen LogP contribution is 2.39. The fourth-order valence-electron chi connectivity index (χ4n) is 4.55. The Morgan fingerprint density at radius 1 is 1.35 bits per heavy atom. The quantitative estimate of drug-likeness (QED) is 0.585. The van der Waals surface area contributed by atoms with Gasteiger partial charge >= 0.3 is 5.97 Å². The average molecular weight is 419 g/mol. The molecule has 0 saturated carbocycles. The van der Waals surface area contributed by atoms with Crippen molar-refractivity contribution in [1.29, 1.82) is 0 Å². The normalized spacial score (nSPS) is 20.0. The van der Waals surface area contributed by atoms with E-state index in [1.54, 1.807) is 24.5 Å². The lowest BCUT2D eigenvalue weighted by Gasteiger charge is -2.32. The van der Waals surface area contributed by atoms with Crippen LogP contribution in [0.15, 0.2) is 35.5 Å². The van der Waals surface area contributed by atoms with E-state index in [0.29, 0.717) is 29.2 Å². The average Bonchev–Trinajstić information content (AvgIpc) is 3.20. The van der Waals surface area contributed by atoms with Crippen molar-refractivity contribution >= 4 is 41.8 Å². The smallest absolute Gasteiger partial charge is 0.341 e. The minimum atomic E-state index is -1.21. The van der Waals surface area contributed by atoms with Crippen LogP contribution < -0.4 is 25.8 Å². The lowest BCUT2D eigenvalue weighted by molar-refractivity contribution is 0.0694. The Labute approximate surface area is 179 Å². The highest BCUT2D eigenvalue weighted by atomic mass is 16.5. The van der Waals surface area contributed by atoms with Gasteiger partial charge in [0, 0.05) is 43.1 Å². The van der Waals surface area contributed by atoms with Crippen LogP contribution in [0.4, 0.5) is 11.6 Å². The molecule has 0 spiro atoms. The summed E-state index contributed by atoms with van der Waals surface area (Å²) in [4.78, 5) is 35.2. The number of carboxylic acid groups (broad SMARTS) is 1. The third-order valence-corrected chi connectivity index (χ3v) is 6.01. The maximum Gasteiger partial charge on any atom is 0.341 e. The molecule has 5 rings (SSSR count). The SMILES string of the molecule is Bc1cc2c(=O)c(C(=O)O)cn3c2c(c1N1CCC(Nc2ncccn2)C1)OC[C@@H]3C. The molecular weight excluding hydrogens is 397 g/mol. The van der Waals surface area contributed by atoms with Gasteiger partial charge in [-0.05, 0) is 19.4 Å². The van der Waals surface area contributed by atoms with Crippen molar-refractivity contribution in [2.45, 2.75) is 25.4 Å². The number of anilines is 2. The molecule has 0 bridgehead atoms. The standard InChI is InChI=1S/C21H22BN5O4/c1-11-10-31-19-16-13(18(28)14(20(29)30)9-27(11)16)7-15(22)17(19)26-6-3-12(8-26)25-21-23-4-2-5-24-21/h2,4-5,7,9,11-12H,3,6,8,10,22H2,1H3,(H,29,30)(H,23,24,25)/t11-,12?/m0/s1. The van der Waals surface area contributed by atoms with Crippen molar-refractivity contribution in [3.05, 3.63) is 46.5 Å². The zero-order valence-corrected chi connectivity index (χ0v) is 17.3. The molecule has 2 N–H and O–H groups in total.